The number of amides is 1. The molecule has 0 aliphatic carbocycles. The predicted molar refractivity (Wildman–Crippen MR) is 64.8 cm³/mol. The lowest BCUT2D eigenvalue weighted by Crippen LogP contribution is -2.26. The number of hydrogen-bond acceptors (Lipinski definition) is 5. The highest BCUT2D eigenvalue weighted by atomic mass is 32.1. The zero-order valence-electron chi connectivity index (χ0n) is 9.99. The Morgan fingerprint density at radius 1 is 1.53 bits per heavy atom. The van der Waals surface area contributed by atoms with Crippen molar-refractivity contribution in [3.63, 3.8) is 0 Å². The van der Waals surface area contributed by atoms with Crippen LogP contribution in [0.3, 0.4) is 0 Å². The second kappa shape index (κ2) is 7.01. The molecule has 0 saturated heterocycles. The summed E-state index contributed by atoms with van der Waals surface area (Å²) in [5, 5.41) is 5.57. The molecule has 0 radical (unpaired) electrons. The molecule has 1 N–H and O–H groups in total. The molecule has 1 amide bonds. The molecule has 0 atom stereocenters. The largest absolute Gasteiger partial charge is 0.469 e. The van der Waals surface area contributed by atoms with E-state index in [1.807, 2.05) is 12.3 Å². The SMILES string of the molecule is COC(=O)CCCNC(=O)Cc1csc(C)n1. The third kappa shape index (κ3) is 5.44. The van der Waals surface area contributed by atoms with Gasteiger partial charge in [0, 0.05) is 18.3 Å². The fourth-order valence-electron chi connectivity index (χ4n) is 1.28. The molecule has 1 heterocycles. The van der Waals surface area contributed by atoms with E-state index in [2.05, 4.69) is 15.0 Å². The maximum atomic E-state index is 11.5. The van der Waals surface area contributed by atoms with Crippen LogP contribution >= 0.6 is 11.3 Å². The number of rotatable bonds is 6. The molecule has 0 bridgehead atoms. The number of aryl methyl sites for hydroxylation is 1. The van der Waals surface area contributed by atoms with E-state index < -0.39 is 0 Å². The maximum Gasteiger partial charge on any atom is 0.305 e. The number of esters is 1. The van der Waals surface area contributed by atoms with E-state index >= 15 is 0 Å². The van der Waals surface area contributed by atoms with Gasteiger partial charge in [-0.15, -0.1) is 11.3 Å². The Morgan fingerprint density at radius 2 is 2.29 bits per heavy atom. The second-order valence-electron chi connectivity index (χ2n) is 3.56. The summed E-state index contributed by atoms with van der Waals surface area (Å²) in [7, 11) is 1.35. The Morgan fingerprint density at radius 3 is 2.88 bits per heavy atom. The molecule has 0 fully saturated rings. The standard InChI is InChI=1S/C11H16N2O3S/c1-8-13-9(7-17-8)6-10(14)12-5-3-4-11(15)16-2/h7H,3-6H2,1-2H3,(H,12,14). The highest BCUT2D eigenvalue weighted by molar-refractivity contribution is 7.09. The van der Waals surface area contributed by atoms with E-state index in [0.29, 0.717) is 25.8 Å². The molecule has 1 aromatic rings. The van der Waals surface area contributed by atoms with Crippen LogP contribution in [-0.2, 0) is 20.7 Å². The third-order valence-corrected chi connectivity index (χ3v) is 2.94. The van der Waals surface area contributed by atoms with Crippen LogP contribution in [0.2, 0.25) is 0 Å². The predicted octanol–water partition coefficient (Wildman–Crippen LogP) is 1.06. The fraction of sp³-hybridized carbons (Fsp3) is 0.545. The number of ether oxygens (including phenoxy) is 1. The van der Waals surface area contributed by atoms with Crippen molar-refractivity contribution in [3.05, 3.63) is 16.1 Å². The van der Waals surface area contributed by atoms with Gasteiger partial charge in [-0.25, -0.2) is 4.98 Å². The Labute approximate surface area is 104 Å². The number of aromatic nitrogens is 1. The smallest absolute Gasteiger partial charge is 0.305 e. The van der Waals surface area contributed by atoms with Crippen molar-refractivity contribution in [1.82, 2.24) is 10.3 Å². The van der Waals surface area contributed by atoms with Crippen LogP contribution < -0.4 is 5.32 Å². The van der Waals surface area contributed by atoms with Gasteiger partial charge >= 0.3 is 5.97 Å². The lowest BCUT2D eigenvalue weighted by atomic mass is 10.3. The van der Waals surface area contributed by atoms with Crippen LogP contribution in [0.5, 0.6) is 0 Å². The molecular weight excluding hydrogens is 240 g/mol. The number of nitrogens with one attached hydrogen (secondary N) is 1. The highest BCUT2D eigenvalue weighted by Crippen LogP contribution is 2.08. The summed E-state index contributed by atoms with van der Waals surface area (Å²) >= 11 is 1.53. The van der Waals surface area contributed by atoms with Gasteiger partial charge in [0.25, 0.3) is 0 Å². The van der Waals surface area contributed by atoms with Crippen LogP contribution in [-0.4, -0.2) is 30.5 Å². The molecule has 1 rings (SSSR count). The van der Waals surface area contributed by atoms with E-state index in [0.717, 1.165) is 10.7 Å². The first-order valence-electron chi connectivity index (χ1n) is 5.36. The van der Waals surface area contributed by atoms with Crippen molar-refractivity contribution in [1.29, 1.82) is 0 Å². The monoisotopic (exact) mass is 256 g/mol. The molecule has 0 aromatic carbocycles. The average molecular weight is 256 g/mol. The number of carbonyl (C=O) groups is 2. The van der Waals surface area contributed by atoms with Gasteiger partial charge in [-0.2, -0.15) is 0 Å². The average Bonchev–Trinajstić information content (AvgIpc) is 2.69. The molecule has 6 heteroatoms. The molecule has 94 valence electrons. The van der Waals surface area contributed by atoms with Gasteiger partial charge in [0.1, 0.15) is 0 Å². The molecule has 0 aliphatic rings. The van der Waals surface area contributed by atoms with Crippen LogP contribution in [0, 0.1) is 6.92 Å². The van der Waals surface area contributed by atoms with E-state index in [9.17, 15) is 9.59 Å². The minimum atomic E-state index is -0.255. The van der Waals surface area contributed by atoms with Gasteiger partial charge in [0.2, 0.25) is 5.91 Å². The van der Waals surface area contributed by atoms with E-state index in [1.165, 1.54) is 18.4 Å². The summed E-state index contributed by atoms with van der Waals surface area (Å²) in [5.74, 6) is -0.324. The Kier molecular flexibility index (Phi) is 5.62. The summed E-state index contributed by atoms with van der Waals surface area (Å²) in [5.41, 5.74) is 0.790. The Hall–Kier alpha value is -1.43. The lowest BCUT2D eigenvalue weighted by molar-refractivity contribution is -0.140. The van der Waals surface area contributed by atoms with Crippen molar-refractivity contribution in [3.8, 4) is 0 Å². The number of nitrogens with zero attached hydrogens (tertiary/aromatic N) is 1. The summed E-state index contributed by atoms with van der Waals surface area (Å²) in [4.78, 5) is 26.5. The van der Waals surface area contributed by atoms with Gasteiger partial charge in [0.05, 0.1) is 24.2 Å². The number of thiazole rings is 1. The van der Waals surface area contributed by atoms with Gasteiger partial charge in [-0.05, 0) is 13.3 Å². The molecule has 0 saturated carbocycles. The van der Waals surface area contributed by atoms with Crippen molar-refractivity contribution in [2.45, 2.75) is 26.2 Å². The lowest BCUT2D eigenvalue weighted by Gasteiger charge is -2.03. The summed E-state index contributed by atoms with van der Waals surface area (Å²) < 4.78 is 4.50. The molecular formula is C11H16N2O3S. The molecule has 0 aliphatic heterocycles. The van der Waals surface area contributed by atoms with E-state index in [-0.39, 0.29) is 11.9 Å². The zero-order valence-corrected chi connectivity index (χ0v) is 10.8. The Balaban J connectivity index is 2.15. The van der Waals surface area contributed by atoms with Gasteiger partial charge < -0.3 is 10.1 Å². The molecule has 5 nitrogen and oxygen atoms in total. The second-order valence-corrected chi connectivity index (χ2v) is 4.63. The Bertz CT molecular complexity index is 390. The van der Waals surface area contributed by atoms with Crippen LogP contribution in [0.1, 0.15) is 23.5 Å². The maximum absolute atomic E-state index is 11.5. The minimum Gasteiger partial charge on any atom is -0.469 e. The van der Waals surface area contributed by atoms with E-state index in [4.69, 9.17) is 0 Å². The molecule has 17 heavy (non-hydrogen) atoms. The minimum absolute atomic E-state index is 0.0693. The normalized spacial score (nSPS) is 10.0. The van der Waals surface area contributed by atoms with Gasteiger partial charge in [-0.1, -0.05) is 0 Å². The zero-order chi connectivity index (χ0) is 12.7. The van der Waals surface area contributed by atoms with Crippen molar-refractivity contribution in [2.24, 2.45) is 0 Å². The van der Waals surface area contributed by atoms with Crippen molar-refractivity contribution >= 4 is 23.2 Å². The first kappa shape index (κ1) is 13.6. The number of hydrogen-bond donors (Lipinski definition) is 1. The molecule has 1 aromatic heterocycles. The fourth-order valence-corrected chi connectivity index (χ4v) is 1.89. The topological polar surface area (TPSA) is 68.3 Å². The summed E-state index contributed by atoms with van der Waals surface area (Å²) in [6.45, 7) is 2.39. The molecule has 0 spiro atoms. The first-order chi connectivity index (χ1) is 8.11. The summed E-state index contributed by atoms with van der Waals surface area (Å²) in [6.07, 6.45) is 1.21. The van der Waals surface area contributed by atoms with Crippen molar-refractivity contribution in [2.75, 3.05) is 13.7 Å². The van der Waals surface area contributed by atoms with Crippen molar-refractivity contribution < 1.29 is 14.3 Å². The van der Waals surface area contributed by atoms with Crippen LogP contribution in [0.25, 0.3) is 0 Å². The molecule has 0 unspecified atom stereocenters. The first-order valence-corrected chi connectivity index (χ1v) is 6.24. The quantitative estimate of drug-likeness (QED) is 0.610. The van der Waals surface area contributed by atoms with Gasteiger partial charge in [-0.3, -0.25) is 9.59 Å². The summed E-state index contributed by atoms with van der Waals surface area (Å²) in [6, 6.07) is 0. The van der Waals surface area contributed by atoms with Gasteiger partial charge in [0.15, 0.2) is 0 Å². The van der Waals surface area contributed by atoms with E-state index in [1.54, 1.807) is 0 Å². The third-order valence-electron chi connectivity index (χ3n) is 2.12. The number of carbonyl (C=O) groups excluding carboxylic acids is 2. The van der Waals surface area contributed by atoms with Crippen LogP contribution in [0.4, 0.5) is 0 Å². The number of methoxy groups -OCH3 is 1. The van der Waals surface area contributed by atoms with Crippen LogP contribution in [0.15, 0.2) is 5.38 Å². The highest BCUT2D eigenvalue weighted by Gasteiger charge is 2.06.